The van der Waals surface area contributed by atoms with Crippen molar-refractivity contribution in [2.24, 2.45) is 0 Å². The number of aromatic nitrogens is 3. The highest BCUT2D eigenvalue weighted by Crippen LogP contribution is 2.22. The third-order valence-corrected chi connectivity index (χ3v) is 4.21. The van der Waals surface area contributed by atoms with Crippen molar-refractivity contribution >= 4 is 11.9 Å². The topological polar surface area (TPSA) is 88.3 Å². The SMILES string of the molecule is Cc1ccc(C(=O)N2Cc3nnc(C)n3CC2C(=O)O)c(C)c1. The highest BCUT2D eigenvalue weighted by molar-refractivity contribution is 5.98. The lowest BCUT2D eigenvalue weighted by molar-refractivity contribution is -0.143. The van der Waals surface area contributed by atoms with Crippen LogP contribution >= 0.6 is 0 Å². The third kappa shape index (κ3) is 2.58. The van der Waals surface area contributed by atoms with Crippen molar-refractivity contribution in [3.8, 4) is 0 Å². The standard InChI is InChI=1S/C16H18N4O3/c1-9-4-5-12(10(2)6-9)15(21)20-8-14-18-17-11(3)19(14)7-13(20)16(22)23/h4-6,13H,7-8H2,1-3H3,(H,22,23). The molecule has 1 aliphatic rings. The Morgan fingerprint density at radius 2 is 1.96 bits per heavy atom. The van der Waals surface area contributed by atoms with Gasteiger partial charge in [0.15, 0.2) is 5.82 Å². The number of rotatable bonds is 2. The van der Waals surface area contributed by atoms with E-state index in [1.807, 2.05) is 26.0 Å². The van der Waals surface area contributed by atoms with Crippen LogP contribution in [0.15, 0.2) is 18.2 Å². The lowest BCUT2D eigenvalue weighted by Gasteiger charge is -2.33. The second kappa shape index (κ2) is 5.49. The highest BCUT2D eigenvalue weighted by Gasteiger charge is 2.37. The van der Waals surface area contributed by atoms with Gasteiger partial charge in [-0.1, -0.05) is 17.7 Å². The number of amides is 1. The monoisotopic (exact) mass is 314 g/mol. The normalized spacial score (nSPS) is 17.0. The van der Waals surface area contributed by atoms with E-state index in [1.165, 1.54) is 4.90 Å². The van der Waals surface area contributed by atoms with Crippen LogP contribution < -0.4 is 0 Å². The summed E-state index contributed by atoms with van der Waals surface area (Å²) in [5, 5.41) is 17.5. The van der Waals surface area contributed by atoms with Gasteiger partial charge in [-0.05, 0) is 32.4 Å². The molecule has 120 valence electrons. The molecular formula is C16H18N4O3. The zero-order chi connectivity index (χ0) is 16.7. The molecule has 0 spiro atoms. The maximum atomic E-state index is 12.9. The molecule has 1 N–H and O–H groups in total. The van der Waals surface area contributed by atoms with Gasteiger partial charge in [0.2, 0.25) is 0 Å². The summed E-state index contributed by atoms with van der Waals surface area (Å²) >= 11 is 0. The molecule has 7 heteroatoms. The molecule has 0 saturated carbocycles. The Balaban J connectivity index is 1.99. The van der Waals surface area contributed by atoms with Gasteiger partial charge >= 0.3 is 5.97 Å². The molecule has 7 nitrogen and oxygen atoms in total. The molecule has 1 aromatic carbocycles. The van der Waals surface area contributed by atoms with Crippen LogP contribution in [0.25, 0.3) is 0 Å². The van der Waals surface area contributed by atoms with E-state index in [9.17, 15) is 14.7 Å². The van der Waals surface area contributed by atoms with Crippen molar-refractivity contribution < 1.29 is 14.7 Å². The summed E-state index contributed by atoms with van der Waals surface area (Å²) in [6.45, 7) is 5.89. The van der Waals surface area contributed by atoms with Gasteiger partial charge in [-0.25, -0.2) is 4.79 Å². The fraction of sp³-hybridized carbons (Fsp3) is 0.375. The molecule has 0 saturated heterocycles. The van der Waals surface area contributed by atoms with Crippen LogP contribution in [0.5, 0.6) is 0 Å². The molecule has 0 bridgehead atoms. The molecule has 1 atom stereocenters. The molecule has 3 rings (SSSR count). The number of hydrogen-bond acceptors (Lipinski definition) is 4. The first-order chi connectivity index (χ1) is 10.9. The van der Waals surface area contributed by atoms with Gasteiger partial charge < -0.3 is 14.6 Å². The summed E-state index contributed by atoms with van der Waals surface area (Å²) in [6.07, 6.45) is 0. The van der Waals surface area contributed by atoms with Gasteiger partial charge in [0.1, 0.15) is 11.9 Å². The van der Waals surface area contributed by atoms with Gasteiger partial charge in [-0.3, -0.25) is 4.79 Å². The molecule has 0 fully saturated rings. The Morgan fingerprint density at radius 1 is 1.22 bits per heavy atom. The highest BCUT2D eigenvalue weighted by atomic mass is 16.4. The van der Waals surface area contributed by atoms with E-state index in [0.29, 0.717) is 17.2 Å². The van der Waals surface area contributed by atoms with Gasteiger partial charge in [0, 0.05) is 5.56 Å². The minimum atomic E-state index is -1.03. The van der Waals surface area contributed by atoms with Crippen molar-refractivity contribution in [2.75, 3.05) is 0 Å². The molecule has 2 aromatic rings. The summed E-state index contributed by atoms with van der Waals surface area (Å²) in [7, 11) is 0. The van der Waals surface area contributed by atoms with Crippen LogP contribution in [0.3, 0.4) is 0 Å². The summed E-state index contributed by atoms with van der Waals surface area (Å²) in [5.41, 5.74) is 2.41. The molecule has 1 unspecified atom stereocenters. The van der Waals surface area contributed by atoms with Crippen LogP contribution in [0, 0.1) is 20.8 Å². The van der Waals surface area contributed by atoms with Crippen molar-refractivity contribution in [3.05, 3.63) is 46.5 Å². The second-order valence-corrected chi connectivity index (χ2v) is 5.88. The molecular weight excluding hydrogens is 296 g/mol. The number of hydrogen-bond donors (Lipinski definition) is 1. The molecule has 1 aliphatic heterocycles. The predicted octanol–water partition coefficient (Wildman–Crippen LogP) is 1.31. The van der Waals surface area contributed by atoms with E-state index >= 15 is 0 Å². The molecule has 23 heavy (non-hydrogen) atoms. The second-order valence-electron chi connectivity index (χ2n) is 5.88. The minimum Gasteiger partial charge on any atom is -0.480 e. The summed E-state index contributed by atoms with van der Waals surface area (Å²) < 4.78 is 1.75. The van der Waals surface area contributed by atoms with E-state index in [4.69, 9.17) is 0 Å². The van der Waals surface area contributed by atoms with Crippen LogP contribution in [0.2, 0.25) is 0 Å². The maximum Gasteiger partial charge on any atom is 0.328 e. The number of carbonyl (C=O) groups is 2. The largest absolute Gasteiger partial charge is 0.480 e. The Labute approximate surface area is 133 Å². The first-order valence-corrected chi connectivity index (χ1v) is 7.38. The molecule has 0 aliphatic carbocycles. The average Bonchev–Trinajstić information content (AvgIpc) is 2.86. The zero-order valence-electron chi connectivity index (χ0n) is 13.3. The zero-order valence-corrected chi connectivity index (χ0v) is 13.3. The van der Waals surface area contributed by atoms with Crippen molar-refractivity contribution in [1.29, 1.82) is 0 Å². The summed E-state index contributed by atoms with van der Waals surface area (Å²) in [6, 6.07) is 4.59. The average molecular weight is 314 g/mol. The number of carboxylic acid groups (broad SMARTS) is 1. The fourth-order valence-electron chi connectivity index (χ4n) is 2.95. The fourth-order valence-corrected chi connectivity index (χ4v) is 2.95. The number of carboxylic acids is 1. The van der Waals surface area contributed by atoms with E-state index in [2.05, 4.69) is 10.2 Å². The van der Waals surface area contributed by atoms with E-state index in [1.54, 1.807) is 17.6 Å². The van der Waals surface area contributed by atoms with E-state index in [0.717, 1.165) is 11.1 Å². The summed E-state index contributed by atoms with van der Waals surface area (Å²) in [4.78, 5) is 25.9. The minimum absolute atomic E-state index is 0.143. The van der Waals surface area contributed by atoms with Gasteiger partial charge in [0.05, 0.1) is 13.1 Å². The number of fused-ring (bicyclic) bond motifs is 1. The number of aliphatic carboxylic acids is 1. The van der Waals surface area contributed by atoms with Crippen molar-refractivity contribution in [3.63, 3.8) is 0 Å². The van der Waals surface area contributed by atoms with Crippen molar-refractivity contribution in [2.45, 2.75) is 39.9 Å². The number of benzene rings is 1. The quantitative estimate of drug-likeness (QED) is 0.903. The van der Waals surface area contributed by atoms with Crippen LogP contribution in [-0.2, 0) is 17.9 Å². The van der Waals surface area contributed by atoms with Crippen molar-refractivity contribution in [1.82, 2.24) is 19.7 Å². The van der Waals surface area contributed by atoms with Gasteiger partial charge in [-0.15, -0.1) is 10.2 Å². The Bertz CT molecular complexity index is 797. The third-order valence-electron chi connectivity index (χ3n) is 4.21. The summed E-state index contributed by atoms with van der Waals surface area (Å²) in [5.74, 6) is -0.0494. The smallest absolute Gasteiger partial charge is 0.328 e. The maximum absolute atomic E-state index is 12.9. The molecule has 1 amide bonds. The number of carbonyl (C=O) groups excluding carboxylic acids is 1. The van der Waals surface area contributed by atoms with Crippen LogP contribution in [-0.4, -0.2) is 42.7 Å². The van der Waals surface area contributed by atoms with Gasteiger partial charge in [-0.2, -0.15) is 0 Å². The van der Waals surface area contributed by atoms with E-state index in [-0.39, 0.29) is 19.0 Å². The Morgan fingerprint density at radius 3 is 2.61 bits per heavy atom. The molecule has 0 radical (unpaired) electrons. The van der Waals surface area contributed by atoms with Crippen LogP contribution in [0.1, 0.15) is 33.1 Å². The Hall–Kier alpha value is -2.70. The van der Waals surface area contributed by atoms with Crippen LogP contribution in [0.4, 0.5) is 0 Å². The number of nitrogens with zero attached hydrogens (tertiary/aromatic N) is 4. The first-order valence-electron chi connectivity index (χ1n) is 7.38. The predicted molar refractivity (Wildman–Crippen MR) is 82.0 cm³/mol. The first kappa shape index (κ1) is 15.2. The number of aryl methyl sites for hydroxylation is 3. The Kier molecular flexibility index (Phi) is 3.63. The lowest BCUT2D eigenvalue weighted by atomic mass is 10.0. The molecule has 1 aromatic heterocycles. The van der Waals surface area contributed by atoms with Gasteiger partial charge in [0.25, 0.3) is 5.91 Å². The molecule has 2 heterocycles. The van der Waals surface area contributed by atoms with E-state index < -0.39 is 12.0 Å². The lowest BCUT2D eigenvalue weighted by Crippen LogP contribution is -2.50.